The van der Waals surface area contributed by atoms with Crippen molar-refractivity contribution >= 4 is 22.5 Å². The summed E-state index contributed by atoms with van der Waals surface area (Å²) in [5.41, 5.74) is 2.52. The van der Waals surface area contributed by atoms with Crippen LogP contribution in [0.5, 0.6) is 0 Å². The monoisotopic (exact) mass is 219 g/mol. The average Bonchev–Trinajstić information content (AvgIpc) is 2.56. The summed E-state index contributed by atoms with van der Waals surface area (Å²) < 4.78 is 0. The molecule has 0 unspecified atom stereocenters. The normalized spacial score (nSPS) is 16.9. The van der Waals surface area contributed by atoms with Crippen LogP contribution in [-0.4, -0.2) is 4.98 Å². The highest BCUT2D eigenvalue weighted by molar-refractivity contribution is 6.35. The van der Waals surface area contributed by atoms with E-state index in [4.69, 9.17) is 11.6 Å². The minimum absolute atomic E-state index is 0.826. The standard InChI is InChI=1S/C13H14ClN/c14-12-6-2-5-11-10(8-15-13(11)12)7-9-3-1-4-9/h2,5-6,8-9,15H,1,3-4,7H2. The molecule has 1 heterocycles. The van der Waals surface area contributed by atoms with Gasteiger partial charge in [0.15, 0.2) is 0 Å². The van der Waals surface area contributed by atoms with E-state index in [0.717, 1.165) is 16.5 Å². The van der Waals surface area contributed by atoms with Gasteiger partial charge in [0.25, 0.3) is 0 Å². The Hall–Kier alpha value is -0.950. The number of H-pyrrole nitrogens is 1. The molecule has 0 amide bonds. The maximum atomic E-state index is 6.12. The Kier molecular flexibility index (Phi) is 2.21. The zero-order chi connectivity index (χ0) is 10.3. The number of rotatable bonds is 2. The molecule has 3 rings (SSSR count). The second-order valence-corrected chi connectivity index (χ2v) is 4.88. The van der Waals surface area contributed by atoms with Crippen LogP contribution in [0.15, 0.2) is 24.4 Å². The number of aromatic amines is 1. The van der Waals surface area contributed by atoms with Gasteiger partial charge < -0.3 is 4.98 Å². The van der Waals surface area contributed by atoms with Crippen molar-refractivity contribution in [2.45, 2.75) is 25.7 Å². The molecule has 0 aliphatic heterocycles. The summed E-state index contributed by atoms with van der Waals surface area (Å²) in [6, 6.07) is 6.13. The summed E-state index contributed by atoms with van der Waals surface area (Å²) in [4.78, 5) is 3.28. The quantitative estimate of drug-likeness (QED) is 0.781. The van der Waals surface area contributed by atoms with Crippen LogP contribution >= 0.6 is 11.6 Å². The Morgan fingerprint density at radius 1 is 1.33 bits per heavy atom. The Morgan fingerprint density at radius 3 is 2.93 bits per heavy atom. The van der Waals surface area contributed by atoms with Crippen molar-refractivity contribution in [3.8, 4) is 0 Å². The molecule has 78 valence electrons. The lowest BCUT2D eigenvalue weighted by molar-refractivity contribution is 0.315. The van der Waals surface area contributed by atoms with Crippen molar-refractivity contribution in [1.29, 1.82) is 0 Å². The van der Waals surface area contributed by atoms with Gasteiger partial charge in [-0.1, -0.05) is 43.0 Å². The van der Waals surface area contributed by atoms with Gasteiger partial charge in [-0.15, -0.1) is 0 Å². The molecule has 1 aromatic heterocycles. The maximum Gasteiger partial charge on any atom is 0.0647 e. The number of fused-ring (bicyclic) bond motifs is 1. The van der Waals surface area contributed by atoms with Crippen LogP contribution in [-0.2, 0) is 6.42 Å². The Bertz CT molecular complexity index is 482. The molecule has 0 saturated heterocycles. The highest BCUT2D eigenvalue weighted by Crippen LogP contribution is 2.33. The molecule has 1 fully saturated rings. The highest BCUT2D eigenvalue weighted by Gasteiger charge is 2.19. The van der Waals surface area contributed by atoms with Crippen LogP contribution in [0.4, 0.5) is 0 Å². The van der Waals surface area contributed by atoms with E-state index in [1.54, 1.807) is 0 Å². The Labute approximate surface area is 94.4 Å². The number of para-hydroxylation sites is 1. The molecule has 1 aliphatic rings. The van der Waals surface area contributed by atoms with Crippen LogP contribution < -0.4 is 0 Å². The maximum absolute atomic E-state index is 6.12. The lowest BCUT2D eigenvalue weighted by atomic mass is 9.81. The molecular weight excluding hydrogens is 206 g/mol. The molecule has 0 radical (unpaired) electrons. The minimum Gasteiger partial charge on any atom is -0.360 e. The number of hydrogen-bond acceptors (Lipinski definition) is 0. The lowest BCUT2D eigenvalue weighted by Gasteiger charge is -2.24. The van der Waals surface area contributed by atoms with Gasteiger partial charge in [0, 0.05) is 11.6 Å². The van der Waals surface area contributed by atoms with E-state index in [9.17, 15) is 0 Å². The highest BCUT2D eigenvalue weighted by atomic mass is 35.5. The smallest absolute Gasteiger partial charge is 0.0647 e. The number of halogens is 1. The largest absolute Gasteiger partial charge is 0.360 e. The van der Waals surface area contributed by atoms with E-state index in [2.05, 4.69) is 17.2 Å². The first-order valence-corrected chi connectivity index (χ1v) is 5.97. The summed E-state index contributed by atoms with van der Waals surface area (Å²) in [5, 5.41) is 2.13. The first kappa shape index (κ1) is 9.29. The minimum atomic E-state index is 0.826. The van der Waals surface area contributed by atoms with Crippen LogP contribution in [0.2, 0.25) is 5.02 Å². The van der Waals surface area contributed by atoms with E-state index >= 15 is 0 Å². The lowest BCUT2D eigenvalue weighted by Crippen LogP contribution is -2.13. The summed E-state index contributed by atoms with van der Waals surface area (Å²) in [5.74, 6) is 0.906. The van der Waals surface area contributed by atoms with Gasteiger partial charge >= 0.3 is 0 Å². The number of aromatic nitrogens is 1. The van der Waals surface area contributed by atoms with E-state index in [-0.39, 0.29) is 0 Å². The Balaban J connectivity index is 2.00. The third-order valence-corrected chi connectivity index (χ3v) is 3.80. The average molecular weight is 220 g/mol. The van der Waals surface area contributed by atoms with Gasteiger partial charge in [-0.25, -0.2) is 0 Å². The van der Waals surface area contributed by atoms with Gasteiger partial charge in [0.2, 0.25) is 0 Å². The van der Waals surface area contributed by atoms with Crippen LogP contribution in [0.1, 0.15) is 24.8 Å². The summed E-state index contributed by atoms with van der Waals surface area (Å²) in [6.07, 6.45) is 7.53. The van der Waals surface area contributed by atoms with E-state index in [1.165, 1.54) is 36.6 Å². The van der Waals surface area contributed by atoms with Gasteiger partial charge in [-0.05, 0) is 24.0 Å². The molecule has 1 aromatic carbocycles. The topological polar surface area (TPSA) is 15.8 Å². The van der Waals surface area contributed by atoms with Gasteiger partial charge in [0.05, 0.1) is 10.5 Å². The molecule has 0 spiro atoms. The molecule has 15 heavy (non-hydrogen) atoms. The van der Waals surface area contributed by atoms with Crippen molar-refractivity contribution in [3.63, 3.8) is 0 Å². The fourth-order valence-corrected chi connectivity index (χ4v) is 2.58. The first-order chi connectivity index (χ1) is 7.34. The van der Waals surface area contributed by atoms with Crippen molar-refractivity contribution in [1.82, 2.24) is 4.98 Å². The summed E-state index contributed by atoms with van der Waals surface area (Å²) in [6.45, 7) is 0. The zero-order valence-electron chi connectivity index (χ0n) is 8.59. The molecule has 0 bridgehead atoms. The summed E-state index contributed by atoms with van der Waals surface area (Å²) in [7, 11) is 0. The van der Waals surface area contributed by atoms with Crippen molar-refractivity contribution in [2.75, 3.05) is 0 Å². The fourth-order valence-electron chi connectivity index (χ4n) is 2.35. The van der Waals surface area contributed by atoms with Crippen molar-refractivity contribution in [2.24, 2.45) is 5.92 Å². The molecule has 1 N–H and O–H groups in total. The molecule has 1 nitrogen and oxygen atoms in total. The van der Waals surface area contributed by atoms with Crippen LogP contribution in [0.3, 0.4) is 0 Å². The summed E-state index contributed by atoms with van der Waals surface area (Å²) >= 11 is 6.12. The molecule has 1 saturated carbocycles. The second-order valence-electron chi connectivity index (χ2n) is 4.48. The molecule has 2 aromatic rings. The predicted molar refractivity (Wildman–Crippen MR) is 64.4 cm³/mol. The number of nitrogens with one attached hydrogen (secondary N) is 1. The molecule has 1 aliphatic carbocycles. The first-order valence-electron chi connectivity index (χ1n) is 5.59. The van der Waals surface area contributed by atoms with Gasteiger partial charge in [0.1, 0.15) is 0 Å². The fraction of sp³-hybridized carbons (Fsp3) is 0.385. The van der Waals surface area contributed by atoms with E-state index in [0.29, 0.717) is 0 Å². The second kappa shape index (κ2) is 3.57. The SMILES string of the molecule is Clc1cccc2c(CC3CCC3)c[nH]c12. The molecule has 0 atom stereocenters. The van der Waals surface area contributed by atoms with Crippen LogP contribution in [0, 0.1) is 5.92 Å². The predicted octanol–water partition coefficient (Wildman–Crippen LogP) is 4.16. The van der Waals surface area contributed by atoms with E-state index in [1.807, 2.05) is 12.1 Å². The van der Waals surface area contributed by atoms with Crippen LogP contribution in [0.25, 0.3) is 10.9 Å². The number of hydrogen-bond donors (Lipinski definition) is 1. The zero-order valence-corrected chi connectivity index (χ0v) is 9.35. The third kappa shape index (κ3) is 1.55. The van der Waals surface area contributed by atoms with Gasteiger partial charge in [-0.3, -0.25) is 0 Å². The molecular formula is C13H14ClN. The van der Waals surface area contributed by atoms with Crippen molar-refractivity contribution < 1.29 is 0 Å². The number of benzene rings is 1. The van der Waals surface area contributed by atoms with Crippen molar-refractivity contribution in [3.05, 3.63) is 35.0 Å². The van der Waals surface area contributed by atoms with E-state index < -0.39 is 0 Å². The Morgan fingerprint density at radius 2 is 2.20 bits per heavy atom. The molecule has 2 heteroatoms. The van der Waals surface area contributed by atoms with Gasteiger partial charge in [-0.2, -0.15) is 0 Å². The third-order valence-electron chi connectivity index (χ3n) is 3.48.